The van der Waals surface area contributed by atoms with Crippen LogP contribution >= 0.6 is 0 Å². The quantitative estimate of drug-likeness (QED) is 0.0574. The van der Waals surface area contributed by atoms with E-state index in [4.69, 9.17) is 14.2 Å². The fourth-order valence-corrected chi connectivity index (χ4v) is 5.01. The molecule has 3 aromatic carbocycles. The molecule has 0 spiro atoms. The molecule has 0 amide bonds. The Hall–Kier alpha value is -4.20. The number of aliphatic hydroxyl groups is 2. The molecule has 0 aromatic heterocycles. The van der Waals surface area contributed by atoms with Gasteiger partial charge in [-0.15, -0.1) is 0 Å². The van der Waals surface area contributed by atoms with Gasteiger partial charge in [0.2, 0.25) is 0 Å². The number of carbonyl (C=O) groups excluding carboxylic acids is 2. The van der Waals surface area contributed by atoms with Crippen LogP contribution in [0.4, 0.5) is 0 Å². The van der Waals surface area contributed by atoms with Crippen LogP contribution in [0.15, 0.2) is 85.0 Å². The first-order chi connectivity index (χ1) is 22.6. The van der Waals surface area contributed by atoms with Crippen molar-refractivity contribution in [3.8, 4) is 22.6 Å². The molecule has 0 saturated heterocycles. The summed E-state index contributed by atoms with van der Waals surface area (Å²) >= 11 is 0. The number of hydrogen-bond acceptors (Lipinski definition) is 7. The maximum absolute atomic E-state index is 12.7. The first-order valence-electron chi connectivity index (χ1n) is 16.5. The second kappa shape index (κ2) is 19.5. The van der Waals surface area contributed by atoms with E-state index in [0.717, 1.165) is 41.5 Å². The Morgan fingerprint density at radius 2 is 1.36 bits per heavy atom. The molecule has 0 aliphatic carbocycles. The molecule has 0 bridgehead atoms. The van der Waals surface area contributed by atoms with E-state index in [2.05, 4.69) is 50.4 Å². The van der Waals surface area contributed by atoms with Crippen LogP contribution in [0.25, 0.3) is 11.1 Å². The number of rotatable bonds is 20. The number of carbonyl (C=O) groups is 2. The van der Waals surface area contributed by atoms with E-state index in [9.17, 15) is 19.8 Å². The predicted octanol–water partition coefficient (Wildman–Crippen LogP) is 7.38. The first kappa shape index (κ1) is 37.3. The van der Waals surface area contributed by atoms with Gasteiger partial charge in [-0.1, -0.05) is 75.4 Å². The van der Waals surface area contributed by atoms with E-state index in [0.29, 0.717) is 42.1 Å². The third-order valence-electron chi connectivity index (χ3n) is 8.02. The zero-order valence-electron chi connectivity index (χ0n) is 28.2. The fourth-order valence-electron chi connectivity index (χ4n) is 5.01. The van der Waals surface area contributed by atoms with Gasteiger partial charge in [0.15, 0.2) is 0 Å². The molecule has 7 nitrogen and oxygen atoms in total. The van der Waals surface area contributed by atoms with Crippen molar-refractivity contribution in [3.05, 3.63) is 107 Å². The molecular weight excluding hydrogens is 592 g/mol. The van der Waals surface area contributed by atoms with E-state index in [1.54, 1.807) is 13.8 Å². The van der Waals surface area contributed by atoms with Crippen molar-refractivity contribution >= 4 is 11.9 Å². The minimum absolute atomic E-state index is 0.123. The Morgan fingerprint density at radius 3 is 2.00 bits per heavy atom. The molecule has 252 valence electrons. The van der Waals surface area contributed by atoms with Crippen LogP contribution in [0.1, 0.15) is 68.7 Å². The van der Waals surface area contributed by atoms with Gasteiger partial charge < -0.3 is 24.4 Å². The molecule has 0 aliphatic rings. The average molecular weight is 643 g/mol. The molecular formula is C40H50O7. The Labute approximate surface area is 279 Å². The molecule has 0 radical (unpaired) electrons. The van der Waals surface area contributed by atoms with Crippen molar-refractivity contribution < 1.29 is 34.0 Å². The summed E-state index contributed by atoms with van der Waals surface area (Å²) in [5.41, 5.74) is 6.60. The number of aryl methyl sites for hydroxylation is 3. The number of unbranched alkanes of at least 4 members (excludes halogenated alkanes) is 2. The summed E-state index contributed by atoms with van der Waals surface area (Å²) in [6.45, 7) is 13.0. The molecule has 47 heavy (non-hydrogen) atoms. The summed E-state index contributed by atoms with van der Waals surface area (Å²) in [6, 6.07) is 20.4. The molecule has 3 aromatic rings. The maximum atomic E-state index is 12.7. The maximum Gasteiger partial charge on any atom is 0.338 e. The largest absolute Gasteiger partial charge is 0.493 e. The SMILES string of the molecule is C=C(C)C(=O)OCCc1cc(-c2ccc(CCc3ccc(CCCCC)cc3)cc2OC(=O)C(=C)C)ccc1OCCC(CO)CO. The van der Waals surface area contributed by atoms with Gasteiger partial charge in [-0.05, 0) is 92.0 Å². The lowest BCUT2D eigenvalue weighted by atomic mass is 9.96. The van der Waals surface area contributed by atoms with Gasteiger partial charge in [-0.2, -0.15) is 0 Å². The number of benzene rings is 3. The molecule has 0 aliphatic heterocycles. The van der Waals surface area contributed by atoms with Gasteiger partial charge in [-0.25, -0.2) is 9.59 Å². The van der Waals surface area contributed by atoms with Crippen LogP contribution in [0.2, 0.25) is 0 Å². The van der Waals surface area contributed by atoms with Crippen molar-refractivity contribution in [2.45, 2.75) is 72.1 Å². The Morgan fingerprint density at radius 1 is 0.723 bits per heavy atom. The minimum Gasteiger partial charge on any atom is -0.493 e. The van der Waals surface area contributed by atoms with Crippen molar-refractivity contribution in [1.82, 2.24) is 0 Å². The molecule has 0 heterocycles. The third-order valence-corrected chi connectivity index (χ3v) is 8.02. The lowest BCUT2D eigenvalue weighted by molar-refractivity contribution is -0.138. The highest BCUT2D eigenvalue weighted by molar-refractivity contribution is 5.90. The van der Waals surface area contributed by atoms with E-state index in [1.807, 2.05) is 30.3 Å². The van der Waals surface area contributed by atoms with Crippen LogP contribution in [0.5, 0.6) is 11.5 Å². The minimum atomic E-state index is -0.503. The Balaban J connectivity index is 1.86. The molecule has 0 fully saturated rings. The standard InChI is InChI=1S/C40H50O7/c1-6-7-8-9-30-10-12-31(13-11-30)14-15-32-16-18-36(38(24-32)47-40(44)29(4)5)34-17-19-37(45-22-20-33(26-41)27-42)35(25-34)21-23-46-39(43)28(2)3/h10-13,16-19,24-25,33,41-42H,2,4,6-9,14-15,20-23,26-27H2,1,3,5H3. The second-order valence-corrected chi connectivity index (χ2v) is 12.1. The summed E-state index contributed by atoms with van der Waals surface area (Å²) in [7, 11) is 0. The van der Waals surface area contributed by atoms with Crippen molar-refractivity contribution in [2.75, 3.05) is 26.4 Å². The lowest BCUT2D eigenvalue weighted by Crippen LogP contribution is -2.15. The highest BCUT2D eigenvalue weighted by Crippen LogP contribution is 2.35. The van der Waals surface area contributed by atoms with Crippen LogP contribution in [0, 0.1) is 5.92 Å². The molecule has 0 atom stereocenters. The second-order valence-electron chi connectivity index (χ2n) is 12.1. The normalized spacial score (nSPS) is 10.9. The van der Waals surface area contributed by atoms with Crippen molar-refractivity contribution in [1.29, 1.82) is 0 Å². The zero-order valence-corrected chi connectivity index (χ0v) is 28.2. The summed E-state index contributed by atoms with van der Waals surface area (Å²) < 4.78 is 17.2. The van der Waals surface area contributed by atoms with Gasteiger partial charge in [0.05, 0.1) is 13.2 Å². The lowest BCUT2D eigenvalue weighted by Gasteiger charge is -2.17. The first-order valence-corrected chi connectivity index (χ1v) is 16.5. The van der Waals surface area contributed by atoms with Crippen LogP contribution in [-0.2, 0) is 40.0 Å². The highest BCUT2D eigenvalue weighted by atomic mass is 16.5. The van der Waals surface area contributed by atoms with E-state index < -0.39 is 11.9 Å². The molecule has 3 rings (SSSR count). The van der Waals surface area contributed by atoms with E-state index >= 15 is 0 Å². The Bertz CT molecular complexity index is 1480. The van der Waals surface area contributed by atoms with Crippen molar-refractivity contribution in [2.24, 2.45) is 5.92 Å². The summed E-state index contributed by atoms with van der Waals surface area (Å²) in [5.74, 6) is -0.207. The summed E-state index contributed by atoms with van der Waals surface area (Å²) in [5, 5.41) is 18.8. The monoisotopic (exact) mass is 642 g/mol. The number of hydrogen-bond donors (Lipinski definition) is 2. The van der Waals surface area contributed by atoms with Gasteiger partial charge in [0, 0.05) is 42.3 Å². The van der Waals surface area contributed by atoms with Gasteiger partial charge >= 0.3 is 11.9 Å². The van der Waals surface area contributed by atoms with Gasteiger partial charge in [0.25, 0.3) is 0 Å². The molecule has 0 saturated carbocycles. The predicted molar refractivity (Wildman–Crippen MR) is 187 cm³/mol. The van der Waals surface area contributed by atoms with Crippen molar-refractivity contribution in [3.63, 3.8) is 0 Å². The Kier molecular flexibility index (Phi) is 15.4. The van der Waals surface area contributed by atoms with Crippen LogP contribution < -0.4 is 9.47 Å². The zero-order chi connectivity index (χ0) is 34.2. The van der Waals surface area contributed by atoms with Crippen LogP contribution in [0.3, 0.4) is 0 Å². The van der Waals surface area contributed by atoms with Crippen LogP contribution in [-0.4, -0.2) is 48.6 Å². The third kappa shape index (κ3) is 12.2. The van der Waals surface area contributed by atoms with E-state index in [1.165, 1.54) is 30.4 Å². The summed E-state index contributed by atoms with van der Waals surface area (Å²) in [4.78, 5) is 24.7. The molecule has 2 N–H and O–H groups in total. The smallest absolute Gasteiger partial charge is 0.338 e. The molecule has 0 unspecified atom stereocenters. The topological polar surface area (TPSA) is 102 Å². The average Bonchev–Trinajstić information content (AvgIpc) is 3.07. The number of esters is 2. The molecule has 7 heteroatoms. The summed E-state index contributed by atoms with van der Waals surface area (Å²) in [6.07, 6.45) is 7.27. The number of ether oxygens (including phenoxy) is 3. The fraction of sp³-hybridized carbons (Fsp3) is 0.400. The van der Waals surface area contributed by atoms with E-state index in [-0.39, 0.29) is 25.7 Å². The number of aliphatic hydroxyl groups excluding tert-OH is 2. The van der Waals surface area contributed by atoms with Gasteiger partial charge in [-0.3, -0.25) is 0 Å². The highest BCUT2D eigenvalue weighted by Gasteiger charge is 2.16. The van der Waals surface area contributed by atoms with Gasteiger partial charge in [0.1, 0.15) is 11.5 Å².